The van der Waals surface area contributed by atoms with Gasteiger partial charge in [-0.3, -0.25) is 8.98 Å². The van der Waals surface area contributed by atoms with Gasteiger partial charge in [-0.2, -0.15) is 8.42 Å². The second-order valence-electron chi connectivity index (χ2n) is 7.27. The monoisotopic (exact) mass is 403 g/mol. The van der Waals surface area contributed by atoms with Gasteiger partial charge >= 0.3 is 5.97 Å². The van der Waals surface area contributed by atoms with Crippen molar-refractivity contribution in [3.63, 3.8) is 0 Å². The fraction of sp³-hybridized carbons (Fsp3) is 0.833. The van der Waals surface area contributed by atoms with Crippen LogP contribution in [-0.2, 0) is 33.5 Å². The molecule has 154 valence electrons. The van der Waals surface area contributed by atoms with Gasteiger partial charge in [0.2, 0.25) is 11.5 Å². The Morgan fingerprint density at radius 3 is 2.04 bits per heavy atom. The van der Waals surface area contributed by atoms with Gasteiger partial charge in [-0.05, 0) is 44.4 Å². The highest BCUT2D eigenvalue weighted by Gasteiger charge is 2.39. The Balaban J connectivity index is 2.18. The molecule has 2 rings (SSSR count). The molecule has 0 aromatic carbocycles. The molecule has 2 saturated carbocycles. The molecule has 2 fully saturated rings. The van der Waals surface area contributed by atoms with Gasteiger partial charge < -0.3 is 9.57 Å². The molecule has 1 atom stereocenters. The minimum Gasteiger partial charge on any atom is -0.457 e. The normalized spacial score (nSPS) is 21.5. The van der Waals surface area contributed by atoms with E-state index in [9.17, 15) is 18.0 Å². The Bertz CT molecular complexity index is 647. The van der Waals surface area contributed by atoms with Crippen LogP contribution in [0.5, 0.6) is 0 Å². The average Bonchev–Trinajstić information content (AvgIpc) is 2.64. The van der Waals surface area contributed by atoms with Crippen molar-refractivity contribution in [2.24, 2.45) is 11.1 Å². The summed E-state index contributed by atoms with van der Waals surface area (Å²) in [6.45, 7) is 0. The van der Waals surface area contributed by atoms with Crippen molar-refractivity contribution in [2.45, 2.75) is 76.4 Å². The maximum Gasteiger partial charge on any atom is 0.364 e. The number of oxime groups is 1. The highest BCUT2D eigenvalue weighted by atomic mass is 32.2. The van der Waals surface area contributed by atoms with Crippen LogP contribution in [-0.4, -0.2) is 51.5 Å². The van der Waals surface area contributed by atoms with E-state index in [-0.39, 0.29) is 12.0 Å². The van der Waals surface area contributed by atoms with Crippen LogP contribution in [0.4, 0.5) is 0 Å². The van der Waals surface area contributed by atoms with Crippen LogP contribution in [0.2, 0.25) is 0 Å². The molecule has 0 bridgehead atoms. The third-order valence-corrected chi connectivity index (χ3v) is 5.61. The lowest BCUT2D eigenvalue weighted by Gasteiger charge is -2.28. The zero-order valence-electron chi connectivity index (χ0n) is 16.0. The first kappa shape index (κ1) is 21.8. The molecule has 0 radical (unpaired) electrons. The molecule has 0 heterocycles. The average molecular weight is 403 g/mol. The van der Waals surface area contributed by atoms with E-state index in [1.165, 1.54) is 7.11 Å². The van der Waals surface area contributed by atoms with Gasteiger partial charge in [0.05, 0.1) is 6.26 Å². The van der Waals surface area contributed by atoms with Crippen molar-refractivity contribution >= 4 is 27.6 Å². The molecule has 2 aliphatic rings. The largest absolute Gasteiger partial charge is 0.457 e. The first-order chi connectivity index (χ1) is 12.8. The fourth-order valence-corrected chi connectivity index (χ4v) is 4.38. The van der Waals surface area contributed by atoms with Gasteiger partial charge in [0, 0.05) is 0 Å². The molecule has 0 aromatic heterocycles. The third kappa shape index (κ3) is 6.88. The summed E-state index contributed by atoms with van der Waals surface area (Å²) in [5.74, 6) is -1.97. The van der Waals surface area contributed by atoms with Gasteiger partial charge in [-0.1, -0.05) is 30.8 Å². The molecule has 2 aliphatic carbocycles. The van der Waals surface area contributed by atoms with Crippen LogP contribution >= 0.6 is 0 Å². The SMILES string of the molecule is CON=C(C(=O)OC1CCCCC1)C(=O)C(OS(C)(=O)=O)C1CCCCC1. The summed E-state index contributed by atoms with van der Waals surface area (Å²) in [6.07, 6.45) is 7.95. The van der Waals surface area contributed by atoms with Crippen molar-refractivity contribution in [2.75, 3.05) is 13.4 Å². The zero-order chi connectivity index (χ0) is 19.9. The standard InChI is InChI=1S/C18H29NO7S/c1-24-19-15(18(21)25-14-11-7-4-8-12-14)16(20)17(26-27(2,22)23)13-9-5-3-6-10-13/h13-14,17H,3-12H2,1-2H3. The molecule has 8 nitrogen and oxygen atoms in total. The maximum absolute atomic E-state index is 13.0. The van der Waals surface area contributed by atoms with Gasteiger partial charge in [-0.25, -0.2) is 4.79 Å². The molecule has 0 spiro atoms. The number of rotatable bonds is 8. The molecular weight excluding hydrogens is 374 g/mol. The van der Waals surface area contributed by atoms with Crippen LogP contribution in [0.1, 0.15) is 64.2 Å². The summed E-state index contributed by atoms with van der Waals surface area (Å²) in [7, 11) is -2.67. The van der Waals surface area contributed by atoms with Crippen LogP contribution in [0.15, 0.2) is 5.16 Å². The van der Waals surface area contributed by atoms with Gasteiger partial charge in [0.25, 0.3) is 10.1 Å². The van der Waals surface area contributed by atoms with Crippen molar-refractivity contribution in [1.82, 2.24) is 0 Å². The lowest BCUT2D eigenvalue weighted by atomic mass is 9.83. The van der Waals surface area contributed by atoms with E-state index in [0.29, 0.717) is 12.8 Å². The Kier molecular flexibility index (Phi) is 8.22. The van der Waals surface area contributed by atoms with Crippen molar-refractivity contribution in [1.29, 1.82) is 0 Å². The summed E-state index contributed by atoms with van der Waals surface area (Å²) in [5.41, 5.74) is -0.540. The molecule has 0 aromatic rings. The first-order valence-electron chi connectivity index (χ1n) is 9.56. The van der Waals surface area contributed by atoms with Crippen LogP contribution in [0.3, 0.4) is 0 Å². The predicted molar refractivity (Wildman–Crippen MR) is 98.7 cm³/mol. The Labute approximate surface area is 160 Å². The highest BCUT2D eigenvalue weighted by molar-refractivity contribution is 7.86. The summed E-state index contributed by atoms with van der Waals surface area (Å²) < 4.78 is 33.9. The van der Waals surface area contributed by atoms with Crippen LogP contribution < -0.4 is 0 Å². The minimum atomic E-state index is -3.89. The highest BCUT2D eigenvalue weighted by Crippen LogP contribution is 2.30. The molecule has 1 unspecified atom stereocenters. The number of hydrogen-bond donors (Lipinski definition) is 0. The van der Waals surface area contributed by atoms with Crippen LogP contribution in [0, 0.1) is 5.92 Å². The molecular formula is C18H29NO7S. The van der Waals surface area contributed by atoms with Gasteiger partial charge in [0.15, 0.2) is 0 Å². The summed E-state index contributed by atoms with van der Waals surface area (Å²) >= 11 is 0. The number of hydrogen-bond acceptors (Lipinski definition) is 8. The molecule has 0 amide bonds. The van der Waals surface area contributed by atoms with Crippen molar-refractivity contribution in [3.8, 4) is 0 Å². The fourth-order valence-electron chi connectivity index (χ4n) is 3.76. The Morgan fingerprint density at radius 2 is 1.52 bits per heavy atom. The first-order valence-corrected chi connectivity index (χ1v) is 11.4. The molecule has 0 aliphatic heterocycles. The zero-order valence-corrected chi connectivity index (χ0v) is 16.8. The van der Waals surface area contributed by atoms with E-state index in [2.05, 4.69) is 9.99 Å². The van der Waals surface area contributed by atoms with Gasteiger partial charge in [0.1, 0.15) is 19.3 Å². The Hall–Kier alpha value is -1.48. The molecule has 0 N–H and O–H groups in total. The smallest absolute Gasteiger partial charge is 0.364 e. The molecule has 27 heavy (non-hydrogen) atoms. The topological polar surface area (TPSA) is 108 Å². The lowest BCUT2D eigenvalue weighted by Crippen LogP contribution is -2.43. The number of ether oxygens (including phenoxy) is 1. The van der Waals surface area contributed by atoms with E-state index in [4.69, 9.17) is 8.92 Å². The summed E-state index contributed by atoms with van der Waals surface area (Å²) in [4.78, 5) is 30.2. The number of nitrogens with zero attached hydrogens (tertiary/aromatic N) is 1. The minimum absolute atomic E-state index is 0.259. The third-order valence-electron chi connectivity index (χ3n) is 5.05. The van der Waals surface area contributed by atoms with Gasteiger partial charge in [-0.15, -0.1) is 0 Å². The van der Waals surface area contributed by atoms with E-state index in [0.717, 1.165) is 57.6 Å². The molecule has 0 saturated heterocycles. The predicted octanol–water partition coefficient (Wildman–Crippen LogP) is 2.36. The number of Topliss-reactive ketones (excluding diaryl/α,β-unsaturated/α-hetero) is 1. The lowest BCUT2D eigenvalue weighted by molar-refractivity contribution is -0.143. The Morgan fingerprint density at radius 1 is 0.963 bits per heavy atom. The number of carbonyl (C=O) groups excluding carboxylic acids is 2. The number of ketones is 1. The van der Waals surface area contributed by atoms with E-state index >= 15 is 0 Å². The van der Waals surface area contributed by atoms with Crippen LogP contribution in [0.25, 0.3) is 0 Å². The maximum atomic E-state index is 13.0. The number of carbonyl (C=O) groups is 2. The molecule has 9 heteroatoms. The second kappa shape index (κ2) is 10.2. The van der Waals surface area contributed by atoms with E-state index in [1.54, 1.807) is 0 Å². The number of esters is 1. The summed E-state index contributed by atoms with van der Waals surface area (Å²) in [6, 6.07) is 0. The quantitative estimate of drug-likeness (QED) is 0.201. The summed E-state index contributed by atoms with van der Waals surface area (Å²) in [5, 5.41) is 3.55. The van der Waals surface area contributed by atoms with E-state index in [1.807, 2.05) is 0 Å². The van der Waals surface area contributed by atoms with Crippen molar-refractivity contribution < 1.29 is 31.8 Å². The van der Waals surface area contributed by atoms with E-state index < -0.39 is 33.7 Å². The second-order valence-corrected chi connectivity index (χ2v) is 8.87. The van der Waals surface area contributed by atoms with Crippen molar-refractivity contribution in [3.05, 3.63) is 0 Å².